The molecular formula is C28H25F2N5O3S. The molecule has 0 radical (unpaired) electrons. The predicted molar refractivity (Wildman–Crippen MR) is 146 cm³/mol. The van der Waals surface area contributed by atoms with Gasteiger partial charge in [-0.05, 0) is 55.3 Å². The van der Waals surface area contributed by atoms with Crippen molar-refractivity contribution < 1.29 is 21.9 Å². The molecule has 8 nitrogen and oxygen atoms in total. The van der Waals surface area contributed by atoms with Crippen molar-refractivity contribution in [2.45, 2.75) is 24.3 Å². The third kappa shape index (κ3) is 4.76. The van der Waals surface area contributed by atoms with Crippen molar-refractivity contribution in [3.05, 3.63) is 96.2 Å². The summed E-state index contributed by atoms with van der Waals surface area (Å²) in [5.74, 6) is -1.79. The first-order chi connectivity index (χ1) is 18.5. The van der Waals surface area contributed by atoms with Gasteiger partial charge in [0.05, 0.1) is 23.7 Å². The van der Waals surface area contributed by atoms with Gasteiger partial charge < -0.3 is 15.0 Å². The van der Waals surface area contributed by atoms with Crippen molar-refractivity contribution in [1.82, 2.24) is 14.5 Å². The summed E-state index contributed by atoms with van der Waals surface area (Å²) in [6.45, 7) is 4.09. The molecule has 0 unspecified atom stereocenters. The van der Waals surface area contributed by atoms with E-state index >= 15 is 0 Å². The SMILES string of the molecule is COc1ncc(-c2ccc3nc(N)n(C(C)(C)c4ccccc4)c3c2)cc1NS(=O)(=O)c1ccc(F)cc1F. The third-order valence-corrected chi connectivity index (χ3v) is 7.92. The second kappa shape index (κ2) is 9.66. The molecule has 0 aliphatic rings. The van der Waals surface area contributed by atoms with E-state index in [-0.39, 0.29) is 11.6 Å². The molecule has 0 aliphatic heterocycles. The number of benzene rings is 3. The molecule has 2 heterocycles. The van der Waals surface area contributed by atoms with Crippen LogP contribution in [-0.4, -0.2) is 30.1 Å². The van der Waals surface area contributed by atoms with Crippen molar-refractivity contribution >= 4 is 32.7 Å². The van der Waals surface area contributed by atoms with Crippen LogP contribution in [0.1, 0.15) is 19.4 Å². The van der Waals surface area contributed by atoms with E-state index in [0.717, 1.165) is 23.2 Å². The van der Waals surface area contributed by atoms with Crippen molar-refractivity contribution in [2.24, 2.45) is 0 Å². The Bertz CT molecular complexity index is 1810. The molecule has 0 bridgehead atoms. The van der Waals surface area contributed by atoms with Gasteiger partial charge in [0.15, 0.2) is 0 Å². The molecule has 3 aromatic carbocycles. The summed E-state index contributed by atoms with van der Waals surface area (Å²) in [5, 5.41) is 0. The summed E-state index contributed by atoms with van der Waals surface area (Å²) >= 11 is 0. The van der Waals surface area contributed by atoms with Gasteiger partial charge in [-0.2, -0.15) is 0 Å². The predicted octanol–water partition coefficient (Wildman–Crippen LogP) is 5.55. The number of anilines is 2. The summed E-state index contributed by atoms with van der Waals surface area (Å²) in [6.07, 6.45) is 1.53. The molecule has 0 fully saturated rings. The van der Waals surface area contributed by atoms with Gasteiger partial charge in [-0.1, -0.05) is 36.4 Å². The summed E-state index contributed by atoms with van der Waals surface area (Å²) in [7, 11) is -3.09. The lowest BCUT2D eigenvalue weighted by atomic mass is 9.93. The average Bonchev–Trinajstić information content (AvgIpc) is 3.24. The fraction of sp³-hybridized carbons (Fsp3) is 0.143. The number of pyridine rings is 1. The summed E-state index contributed by atoms with van der Waals surface area (Å²) in [6, 6.07) is 19.2. The van der Waals surface area contributed by atoms with Crippen LogP contribution in [0.4, 0.5) is 20.4 Å². The number of nitrogens with one attached hydrogen (secondary N) is 1. The maximum absolute atomic E-state index is 14.3. The highest BCUT2D eigenvalue weighted by Gasteiger charge is 2.28. The van der Waals surface area contributed by atoms with Crippen molar-refractivity contribution in [3.8, 4) is 17.0 Å². The lowest BCUT2D eigenvalue weighted by Gasteiger charge is -2.29. The number of sulfonamides is 1. The van der Waals surface area contributed by atoms with Crippen LogP contribution in [0.25, 0.3) is 22.2 Å². The molecule has 5 rings (SSSR count). The van der Waals surface area contributed by atoms with Crippen LogP contribution in [0.15, 0.2) is 83.9 Å². The van der Waals surface area contributed by atoms with E-state index in [1.807, 2.05) is 66.9 Å². The Balaban J connectivity index is 1.59. The molecule has 3 N–H and O–H groups in total. The Labute approximate surface area is 224 Å². The standard InChI is InChI=1S/C28H25F2N5O3S/c1-28(2,19-7-5-4-6-8-19)35-24-14-17(9-11-22(24)33-27(35)31)18-13-23(26(38-3)32-16-18)34-39(36,37)25-12-10-20(29)15-21(25)30/h4-16,34H,1-3H3,(H2,31,33). The molecule has 0 spiro atoms. The van der Waals surface area contributed by atoms with Crippen LogP contribution in [-0.2, 0) is 15.6 Å². The monoisotopic (exact) mass is 549 g/mol. The second-order valence-electron chi connectivity index (χ2n) is 9.40. The number of ether oxygens (including phenoxy) is 1. The Kier molecular flexibility index (Phi) is 6.47. The number of hydrogen-bond donors (Lipinski definition) is 2. The van der Waals surface area contributed by atoms with Gasteiger partial charge in [0.2, 0.25) is 11.8 Å². The average molecular weight is 550 g/mol. The van der Waals surface area contributed by atoms with E-state index in [4.69, 9.17) is 10.5 Å². The number of fused-ring (bicyclic) bond motifs is 1. The second-order valence-corrected chi connectivity index (χ2v) is 11.0. The summed E-state index contributed by atoms with van der Waals surface area (Å²) in [5.41, 5.74) is 9.57. The maximum atomic E-state index is 14.3. The van der Waals surface area contributed by atoms with Crippen LogP contribution in [0, 0.1) is 11.6 Å². The highest BCUT2D eigenvalue weighted by atomic mass is 32.2. The Morgan fingerprint density at radius 2 is 1.72 bits per heavy atom. The zero-order valence-corrected chi connectivity index (χ0v) is 22.1. The fourth-order valence-corrected chi connectivity index (χ4v) is 5.68. The van der Waals surface area contributed by atoms with Gasteiger partial charge in [0, 0.05) is 17.8 Å². The molecule has 39 heavy (non-hydrogen) atoms. The van der Waals surface area contributed by atoms with Crippen molar-refractivity contribution in [1.29, 1.82) is 0 Å². The molecule has 200 valence electrons. The number of nitrogen functional groups attached to an aromatic ring is 1. The molecule has 0 aliphatic carbocycles. The Morgan fingerprint density at radius 1 is 0.974 bits per heavy atom. The highest BCUT2D eigenvalue weighted by Crippen LogP contribution is 2.36. The lowest BCUT2D eigenvalue weighted by Crippen LogP contribution is -2.28. The number of aromatic nitrogens is 3. The Morgan fingerprint density at radius 3 is 2.41 bits per heavy atom. The van der Waals surface area contributed by atoms with Crippen LogP contribution in [0.2, 0.25) is 0 Å². The first-order valence-electron chi connectivity index (χ1n) is 11.9. The quantitative estimate of drug-likeness (QED) is 0.275. The minimum absolute atomic E-state index is 0.0172. The van der Waals surface area contributed by atoms with E-state index < -0.39 is 32.1 Å². The van der Waals surface area contributed by atoms with Crippen molar-refractivity contribution in [3.63, 3.8) is 0 Å². The van der Waals surface area contributed by atoms with E-state index in [1.54, 1.807) is 0 Å². The Hall–Kier alpha value is -4.51. The number of rotatable bonds is 7. The largest absolute Gasteiger partial charge is 0.480 e. The minimum atomic E-state index is -4.42. The molecule has 2 aromatic heterocycles. The van der Waals surface area contributed by atoms with E-state index in [9.17, 15) is 17.2 Å². The number of imidazole rings is 1. The molecular weight excluding hydrogens is 524 g/mol. The number of nitrogens with two attached hydrogens (primary N) is 1. The lowest BCUT2D eigenvalue weighted by molar-refractivity contribution is 0.400. The number of nitrogens with zero attached hydrogens (tertiary/aromatic N) is 3. The van der Waals surface area contributed by atoms with Gasteiger partial charge in [-0.15, -0.1) is 0 Å². The van der Waals surface area contributed by atoms with E-state index in [1.165, 1.54) is 19.4 Å². The first-order valence-corrected chi connectivity index (χ1v) is 13.4. The molecule has 0 atom stereocenters. The van der Waals surface area contributed by atoms with Gasteiger partial charge in [-0.3, -0.25) is 4.72 Å². The number of halogens is 2. The highest BCUT2D eigenvalue weighted by molar-refractivity contribution is 7.92. The third-order valence-electron chi connectivity index (χ3n) is 6.53. The molecule has 5 aromatic rings. The van der Waals surface area contributed by atoms with Gasteiger partial charge in [-0.25, -0.2) is 27.2 Å². The number of hydrogen-bond acceptors (Lipinski definition) is 6. The van der Waals surface area contributed by atoms with Gasteiger partial charge in [0.1, 0.15) is 22.2 Å². The molecule has 11 heteroatoms. The molecule has 0 saturated heterocycles. The fourth-order valence-electron chi connectivity index (χ4n) is 4.57. The zero-order chi connectivity index (χ0) is 27.9. The van der Waals surface area contributed by atoms with E-state index in [2.05, 4.69) is 14.7 Å². The molecule has 0 amide bonds. The first kappa shape index (κ1) is 26.1. The van der Waals surface area contributed by atoms with E-state index in [0.29, 0.717) is 28.7 Å². The van der Waals surface area contributed by atoms with Crippen LogP contribution in [0.5, 0.6) is 5.88 Å². The van der Waals surface area contributed by atoms with Crippen LogP contribution >= 0.6 is 0 Å². The number of methoxy groups -OCH3 is 1. The summed E-state index contributed by atoms with van der Waals surface area (Å²) < 4.78 is 62.9. The molecule has 0 saturated carbocycles. The smallest absolute Gasteiger partial charge is 0.264 e. The van der Waals surface area contributed by atoms with Crippen molar-refractivity contribution in [2.75, 3.05) is 17.6 Å². The van der Waals surface area contributed by atoms with Gasteiger partial charge in [0.25, 0.3) is 10.0 Å². The topological polar surface area (TPSA) is 112 Å². The van der Waals surface area contributed by atoms with Crippen LogP contribution < -0.4 is 15.2 Å². The minimum Gasteiger partial charge on any atom is -0.480 e. The van der Waals surface area contributed by atoms with Gasteiger partial charge >= 0.3 is 0 Å². The van der Waals surface area contributed by atoms with Crippen LogP contribution in [0.3, 0.4) is 0 Å². The maximum Gasteiger partial charge on any atom is 0.264 e. The summed E-state index contributed by atoms with van der Waals surface area (Å²) in [4.78, 5) is 8.07. The normalized spacial score (nSPS) is 12.0. The zero-order valence-electron chi connectivity index (χ0n) is 21.3.